The zero-order valence-corrected chi connectivity index (χ0v) is 30.6. The van der Waals surface area contributed by atoms with Crippen LogP contribution >= 0.6 is 23.9 Å². The normalized spacial score (nSPS) is 17.9. The number of anilines is 5. The number of pyridine rings is 1. The van der Waals surface area contributed by atoms with Crippen LogP contribution in [0.4, 0.5) is 28.8 Å². The van der Waals surface area contributed by atoms with Crippen LogP contribution in [0.3, 0.4) is 0 Å². The van der Waals surface area contributed by atoms with E-state index in [9.17, 15) is 5.26 Å². The molecule has 1 saturated carbocycles. The smallest absolute Gasteiger partial charge is 0.229 e. The minimum Gasteiger partial charge on any atom is -0.495 e. The van der Waals surface area contributed by atoms with Gasteiger partial charge in [-0.05, 0) is 86.3 Å². The fourth-order valence-corrected chi connectivity index (χ4v) is 8.56. The number of likely N-dealkylation sites (N-methyl/N-ethyl adjacent to an activating group) is 1. The van der Waals surface area contributed by atoms with Crippen molar-refractivity contribution in [3.63, 3.8) is 0 Å². The van der Waals surface area contributed by atoms with Crippen LogP contribution < -0.4 is 25.6 Å². The fourth-order valence-electron chi connectivity index (χ4n) is 6.99. The first-order chi connectivity index (χ1) is 23.3. The highest BCUT2D eigenvalue weighted by Gasteiger charge is 2.29. The molecule has 2 aliphatic heterocycles. The van der Waals surface area contributed by atoms with Gasteiger partial charge in [-0.2, -0.15) is 10.2 Å². The molecule has 3 aliphatic rings. The minimum atomic E-state index is -0.443. The molecule has 0 radical (unpaired) electrons. The minimum absolute atomic E-state index is 0.383. The van der Waals surface area contributed by atoms with Crippen molar-refractivity contribution >= 4 is 68.9 Å². The third-order valence-corrected chi connectivity index (χ3v) is 11.8. The number of benzene rings is 2. The molecule has 2 saturated heterocycles. The van der Waals surface area contributed by atoms with Crippen molar-refractivity contribution in [2.24, 2.45) is 0 Å². The van der Waals surface area contributed by atoms with E-state index in [0.29, 0.717) is 35.0 Å². The summed E-state index contributed by atoms with van der Waals surface area (Å²) >= 11 is 3.65. The summed E-state index contributed by atoms with van der Waals surface area (Å²) in [6, 6.07) is 15.5. The number of fused-ring (bicyclic) bond motifs is 1. The van der Waals surface area contributed by atoms with E-state index in [1.807, 2.05) is 12.1 Å². The van der Waals surface area contributed by atoms with E-state index < -0.39 is 7.92 Å². The Balaban J connectivity index is 1.10. The number of piperidine rings is 1. The number of rotatable bonds is 9. The van der Waals surface area contributed by atoms with Gasteiger partial charge < -0.3 is 25.2 Å². The number of ether oxygens (including phenoxy) is 1. The Morgan fingerprint density at radius 3 is 2.40 bits per heavy atom. The summed E-state index contributed by atoms with van der Waals surface area (Å²) in [6.45, 7) is 10.9. The summed E-state index contributed by atoms with van der Waals surface area (Å²) in [5.74, 6) is 2.36. The molecule has 2 aromatic heterocycles. The van der Waals surface area contributed by atoms with Gasteiger partial charge in [-0.25, -0.2) is 4.98 Å². The van der Waals surface area contributed by atoms with Crippen molar-refractivity contribution < 1.29 is 4.74 Å². The molecule has 2 N–H and O–H groups in total. The van der Waals surface area contributed by atoms with Crippen molar-refractivity contribution in [3.05, 3.63) is 58.3 Å². The number of halogens is 1. The second-order valence-electron chi connectivity index (χ2n) is 13.3. The van der Waals surface area contributed by atoms with E-state index in [2.05, 4.69) is 97.0 Å². The molecule has 3 fully saturated rings. The first-order valence-corrected chi connectivity index (χ1v) is 19.8. The number of nitrogens with zero attached hydrogens (tertiary/aromatic N) is 7. The predicted octanol–water partition coefficient (Wildman–Crippen LogP) is 6.62. The summed E-state index contributed by atoms with van der Waals surface area (Å²) in [6.07, 6.45) is 6.41. The number of hydrogen-bond donors (Lipinski definition) is 2. The molecule has 0 bridgehead atoms. The Hall–Kier alpha value is -3.55. The average molecular weight is 729 g/mol. The van der Waals surface area contributed by atoms with Gasteiger partial charge in [0.2, 0.25) is 5.95 Å². The monoisotopic (exact) mass is 727 g/mol. The molecule has 1 aliphatic carbocycles. The van der Waals surface area contributed by atoms with Crippen LogP contribution in [0.25, 0.3) is 10.9 Å². The molecule has 4 aromatic rings. The average Bonchev–Trinajstić information content (AvgIpc) is 3.95. The van der Waals surface area contributed by atoms with Gasteiger partial charge in [0, 0.05) is 85.6 Å². The van der Waals surface area contributed by atoms with Crippen molar-refractivity contribution in [3.8, 4) is 11.8 Å². The molecular formula is C36H43BrN9OP. The molecule has 0 atom stereocenters. The fraction of sp³-hybridized carbons (Fsp3) is 0.444. The van der Waals surface area contributed by atoms with E-state index >= 15 is 0 Å². The van der Waals surface area contributed by atoms with Gasteiger partial charge in [0.25, 0.3) is 0 Å². The summed E-state index contributed by atoms with van der Waals surface area (Å²) < 4.78 is 6.62. The lowest BCUT2D eigenvalue weighted by molar-refractivity contribution is 0.0981. The lowest BCUT2D eigenvalue weighted by Gasteiger charge is -2.42. The summed E-state index contributed by atoms with van der Waals surface area (Å²) in [7, 11) is 3.44. The molecule has 0 spiro atoms. The molecule has 4 heterocycles. The van der Waals surface area contributed by atoms with E-state index in [-0.39, 0.29) is 0 Å². The SMILES string of the molecule is COc1cc(Nc2ncc(Br)c(Nc3ccc4nc(C5CC5)ccc4c3P(C)C)n2)c(C#N)cc1N1CCC(N2CCN(C)CC2)CC1. The number of hydrogen-bond acceptors (Lipinski definition) is 10. The molecule has 0 amide bonds. The lowest BCUT2D eigenvalue weighted by Crippen LogP contribution is -2.52. The Morgan fingerprint density at radius 1 is 0.938 bits per heavy atom. The van der Waals surface area contributed by atoms with E-state index in [1.54, 1.807) is 13.3 Å². The molecule has 0 unspecified atom stereocenters. The molecule has 250 valence electrons. The van der Waals surface area contributed by atoms with Gasteiger partial charge in [-0.1, -0.05) is 14.0 Å². The molecule has 12 heteroatoms. The van der Waals surface area contributed by atoms with Crippen molar-refractivity contribution in [2.45, 2.75) is 37.6 Å². The molecule has 10 nitrogen and oxygen atoms in total. The Morgan fingerprint density at radius 2 is 1.71 bits per heavy atom. The highest BCUT2D eigenvalue weighted by Crippen LogP contribution is 2.41. The second-order valence-corrected chi connectivity index (χ2v) is 16.4. The van der Waals surface area contributed by atoms with Gasteiger partial charge in [0.05, 0.1) is 34.0 Å². The third-order valence-electron chi connectivity index (χ3n) is 9.85. The van der Waals surface area contributed by atoms with Crippen LogP contribution in [0, 0.1) is 11.3 Å². The Kier molecular flexibility index (Phi) is 9.70. The molecular weight excluding hydrogens is 685 g/mol. The number of piperazine rings is 1. The highest BCUT2D eigenvalue weighted by molar-refractivity contribution is 9.10. The predicted molar refractivity (Wildman–Crippen MR) is 200 cm³/mol. The van der Waals surface area contributed by atoms with Crippen LogP contribution in [0.1, 0.15) is 42.9 Å². The van der Waals surface area contributed by atoms with Gasteiger partial charge in [-0.3, -0.25) is 9.88 Å². The maximum absolute atomic E-state index is 10.2. The summed E-state index contributed by atoms with van der Waals surface area (Å²) in [5.41, 5.74) is 5.32. The standard InChI is InChI=1S/C36H43BrN9OP/c1-44-15-17-45(18-16-44)25-11-13-46(14-12-25)32-19-24(21-38)31(20-33(32)47-2)42-36-39-22-27(37)35(43-36)41-30-10-9-29-26(34(30)48(3)4)7-8-28(40-29)23-5-6-23/h7-10,19-20,22-23,25H,5-6,11-18H2,1-4H3,(H2,39,41,42,43). The molecule has 48 heavy (non-hydrogen) atoms. The van der Waals surface area contributed by atoms with Gasteiger partial charge in [0.1, 0.15) is 17.6 Å². The molecule has 2 aromatic carbocycles. The topological polar surface area (TPSA) is 105 Å². The van der Waals surface area contributed by atoms with Crippen molar-refractivity contribution in [2.75, 3.05) is 82.3 Å². The van der Waals surface area contributed by atoms with Crippen molar-refractivity contribution in [1.29, 1.82) is 5.26 Å². The summed E-state index contributed by atoms with van der Waals surface area (Å²) in [4.78, 5) is 21.8. The Labute approximate surface area is 292 Å². The van der Waals surface area contributed by atoms with Gasteiger partial charge in [0.15, 0.2) is 0 Å². The highest BCUT2D eigenvalue weighted by atomic mass is 79.9. The third kappa shape index (κ3) is 6.95. The van der Waals surface area contributed by atoms with Gasteiger partial charge >= 0.3 is 0 Å². The zero-order chi connectivity index (χ0) is 33.4. The van der Waals surface area contributed by atoms with Crippen LogP contribution in [-0.2, 0) is 0 Å². The van der Waals surface area contributed by atoms with Crippen LogP contribution in [0.2, 0.25) is 0 Å². The first kappa shape index (κ1) is 33.0. The number of aromatic nitrogens is 3. The molecule has 7 rings (SSSR count). The first-order valence-electron chi connectivity index (χ1n) is 16.8. The quantitative estimate of drug-likeness (QED) is 0.183. The van der Waals surface area contributed by atoms with Crippen LogP contribution in [-0.4, -0.2) is 97.5 Å². The van der Waals surface area contributed by atoms with Gasteiger partial charge in [-0.15, -0.1) is 0 Å². The summed E-state index contributed by atoms with van der Waals surface area (Å²) in [5, 5.41) is 19.5. The van der Waals surface area contributed by atoms with E-state index in [4.69, 9.17) is 14.7 Å². The largest absolute Gasteiger partial charge is 0.495 e. The number of nitriles is 1. The number of nitrogens with one attached hydrogen (secondary N) is 2. The number of methoxy groups -OCH3 is 1. The second kappa shape index (κ2) is 14.1. The van der Waals surface area contributed by atoms with E-state index in [0.717, 1.165) is 79.2 Å². The Bertz CT molecular complexity index is 1840. The van der Waals surface area contributed by atoms with Crippen LogP contribution in [0.5, 0.6) is 5.75 Å². The zero-order valence-electron chi connectivity index (χ0n) is 28.1. The maximum atomic E-state index is 10.2. The van der Waals surface area contributed by atoms with E-state index in [1.165, 1.54) is 29.2 Å². The lowest BCUT2D eigenvalue weighted by atomic mass is 10.0. The van der Waals surface area contributed by atoms with Crippen LogP contribution in [0.15, 0.2) is 47.1 Å². The van der Waals surface area contributed by atoms with Crippen molar-refractivity contribution in [1.82, 2.24) is 24.8 Å². The maximum Gasteiger partial charge on any atom is 0.229 e.